The molecule has 29 heavy (non-hydrogen) atoms. The summed E-state index contributed by atoms with van der Waals surface area (Å²) in [6.45, 7) is 2.12. The lowest BCUT2D eigenvalue weighted by atomic mass is 10.0. The van der Waals surface area contributed by atoms with Crippen LogP contribution in [0, 0.1) is 0 Å². The molecule has 2 aromatic carbocycles. The number of aromatic nitrogens is 4. The van der Waals surface area contributed by atoms with E-state index in [1.54, 1.807) is 18.6 Å². The van der Waals surface area contributed by atoms with Crippen molar-refractivity contribution in [3.8, 4) is 11.1 Å². The van der Waals surface area contributed by atoms with E-state index < -0.39 is 0 Å². The Balaban J connectivity index is 1.62. The van der Waals surface area contributed by atoms with Crippen molar-refractivity contribution in [2.24, 2.45) is 0 Å². The molecule has 0 aliphatic rings. The van der Waals surface area contributed by atoms with E-state index in [0.717, 1.165) is 44.3 Å². The highest BCUT2D eigenvalue weighted by Crippen LogP contribution is 2.32. The van der Waals surface area contributed by atoms with E-state index >= 15 is 0 Å². The Morgan fingerprint density at radius 1 is 0.793 bits per heavy atom. The monoisotopic (exact) mass is 377 g/mol. The second-order valence-corrected chi connectivity index (χ2v) is 7.01. The van der Waals surface area contributed by atoms with Crippen molar-refractivity contribution in [2.45, 2.75) is 13.0 Å². The molecule has 5 nitrogen and oxygen atoms in total. The van der Waals surface area contributed by atoms with Crippen molar-refractivity contribution < 1.29 is 0 Å². The van der Waals surface area contributed by atoms with Gasteiger partial charge in [0.25, 0.3) is 0 Å². The molecule has 0 amide bonds. The van der Waals surface area contributed by atoms with E-state index in [9.17, 15) is 0 Å². The summed E-state index contributed by atoms with van der Waals surface area (Å²) in [5, 5.41) is 4.68. The van der Waals surface area contributed by atoms with Gasteiger partial charge < -0.3 is 5.32 Å². The SMILES string of the molecule is CC(Nc1cc(-c2ccc3ncccc3c2)c2nccnc2c1)c1cccnc1. The third kappa shape index (κ3) is 3.38. The predicted molar refractivity (Wildman–Crippen MR) is 117 cm³/mol. The molecular weight excluding hydrogens is 358 g/mol. The molecule has 140 valence electrons. The van der Waals surface area contributed by atoms with Gasteiger partial charge in [0.05, 0.1) is 22.6 Å². The normalized spacial score (nSPS) is 12.2. The molecule has 0 spiro atoms. The molecule has 0 aliphatic carbocycles. The minimum absolute atomic E-state index is 0.117. The van der Waals surface area contributed by atoms with E-state index in [4.69, 9.17) is 0 Å². The summed E-state index contributed by atoms with van der Waals surface area (Å²) in [7, 11) is 0. The predicted octanol–water partition coefficient (Wildman–Crippen LogP) is 5.41. The number of rotatable bonds is 4. The zero-order valence-corrected chi connectivity index (χ0v) is 15.9. The summed E-state index contributed by atoms with van der Waals surface area (Å²) in [5.74, 6) is 0. The van der Waals surface area contributed by atoms with Gasteiger partial charge in [0.2, 0.25) is 0 Å². The third-order valence-electron chi connectivity index (χ3n) is 5.06. The van der Waals surface area contributed by atoms with Crippen LogP contribution in [0.3, 0.4) is 0 Å². The zero-order valence-electron chi connectivity index (χ0n) is 15.9. The first kappa shape index (κ1) is 17.3. The summed E-state index contributed by atoms with van der Waals surface area (Å²) in [5.41, 5.74) is 6.98. The Bertz CT molecular complexity index is 1300. The number of benzene rings is 2. The summed E-state index contributed by atoms with van der Waals surface area (Å²) in [4.78, 5) is 17.8. The van der Waals surface area contributed by atoms with Gasteiger partial charge in [-0.3, -0.25) is 19.9 Å². The molecule has 1 atom stereocenters. The van der Waals surface area contributed by atoms with Crippen LogP contribution in [0.4, 0.5) is 5.69 Å². The smallest absolute Gasteiger partial charge is 0.0966 e. The maximum Gasteiger partial charge on any atom is 0.0966 e. The Labute approximate surface area is 168 Å². The molecule has 3 aromatic heterocycles. The number of nitrogens with one attached hydrogen (secondary N) is 1. The van der Waals surface area contributed by atoms with E-state index in [-0.39, 0.29) is 6.04 Å². The highest BCUT2D eigenvalue weighted by molar-refractivity contribution is 5.96. The van der Waals surface area contributed by atoms with Crippen LogP contribution in [-0.4, -0.2) is 19.9 Å². The van der Waals surface area contributed by atoms with Crippen LogP contribution >= 0.6 is 0 Å². The topological polar surface area (TPSA) is 63.6 Å². The summed E-state index contributed by atoms with van der Waals surface area (Å²) in [6.07, 6.45) is 8.95. The van der Waals surface area contributed by atoms with Gasteiger partial charge in [0.1, 0.15) is 0 Å². The molecule has 1 unspecified atom stereocenters. The molecule has 0 radical (unpaired) electrons. The molecule has 3 heterocycles. The van der Waals surface area contributed by atoms with E-state index in [1.807, 2.05) is 36.7 Å². The van der Waals surface area contributed by atoms with Crippen LogP contribution in [0.5, 0.6) is 0 Å². The zero-order chi connectivity index (χ0) is 19.6. The van der Waals surface area contributed by atoms with Crippen LogP contribution in [0.2, 0.25) is 0 Å². The van der Waals surface area contributed by atoms with Crippen molar-refractivity contribution >= 4 is 27.6 Å². The van der Waals surface area contributed by atoms with Crippen molar-refractivity contribution in [3.05, 3.63) is 91.1 Å². The molecular formula is C24H19N5. The van der Waals surface area contributed by atoms with Crippen LogP contribution in [0.25, 0.3) is 33.1 Å². The van der Waals surface area contributed by atoms with Gasteiger partial charge in [-0.2, -0.15) is 0 Å². The molecule has 0 aliphatic heterocycles. The molecule has 5 rings (SSSR count). The van der Waals surface area contributed by atoms with Crippen LogP contribution in [0.15, 0.2) is 85.6 Å². The number of fused-ring (bicyclic) bond motifs is 2. The molecule has 1 N–H and O–H groups in total. The largest absolute Gasteiger partial charge is 0.378 e. The number of hydrogen-bond donors (Lipinski definition) is 1. The number of nitrogens with zero attached hydrogens (tertiary/aromatic N) is 4. The van der Waals surface area contributed by atoms with Crippen molar-refractivity contribution in [3.63, 3.8) is 0 Å². The minimum Gasteiger partial charge on any atom is -0.378 e. The first-order valence-electron chi connectivity index (χ1n) is 9.54. The average Bonchev–Trinajstić information content (AvgIpc) is 2.79. The second kappa shape index (κ2) is 7.28. The Morgan fingerprint density at radius 3 is 2.55 bits per heavy atom. The Kier molecular flexibility index (Phi) is 4.33. The molecule has 0 saturated carbocycles. The molecule has 0 fully saturated rings. The van der Waals surface area contributed by atoms with Crippen molar-refractivity contribution in [2.75, 3.05) is 5.32 Å². The molecule has 5 aromatic rings. The van der Waals surface area contributed by atoms with Crippen LogP contribution in [0.1, 0.15) is 18.5 Å². The average molecular weight is 377 g/mol. The summed E-state index contributed by atoms with van der Waals surface area (Å²) >= 11 is 0. The van der Waals surface area contributed by atoms with Gasteiger partial charge >= 0.3 is 0 Å². The third-order valence-corrected chi connectivity index (χ3v) is 5.06. The standard InChI is InChI=1S/C24H19N5/c1-16(19-5-2-8-25-15-19)29-20-13-21(24-23(14-20)27-10-11-28-24)17-6-7-22-18(12-17)4-3-9-26-22/h2-16,29H,1H3. The van der Waals surface area contributed by atoms with Crippen LogP contribution < -0.4 is 5.32 Å². The van der Waals surface area contributed by atoms with Gasteiger partial charge in [0, 0.05) is 47.6 Å². The number of pyridine rings is 2. The van der Waals surface area contributed by atoms with Gasteiger partial charge in [-0.05, 0) is 54.4 Å². The lowest BCUT2D eigenvalue weighted by Gasteiger charge is -2.17. The van der Waals surface area contributed by atoms with Gasteiger partial charge in [-0.1, -0.05) is 18.2 Å². The summed E-state index contributed by atoms with van der Waals surface area (Å²) < 4.78 is 0. The fraction of sp³-hybridized carbons (Fsp3) is 0.0833. The molecule has 0 saturated heterocycles. The fourth-order valence-electron chi connectivity index (χ4n) is 3.59. The van der Waals surface area contributed by atoms with E-state index in [0.29, 0.717) is 0 Å². The maximum atomic E-state index is 4.60. The van der Waals surface area contributed by atoms with Crippen LogP contribution in [-0.2, 0) is 0 Å². The maximum absolute atomic E-state index is 4.60. The lowest BCUT2D eigenvalue weighted by Crippen LogP contribution is -2.07. The number of anilines is 1. The highest BCUT2D eigenvalue weighted by atomic mass is 14.9. The van der Waals surface area contributed by atoms with Crippen molar-refractivity contribution in [1.82, 2.24) is 19.9 Å². The van der Waals surface area contributed by atoms with Gasteiger partial charge in [-0.15, -0.1) is 0 Å². The first-order valence-corrected chi connectivity index (χ1v) is 9.54. The highest BCUT2D eigenvalue weighted by Gasteiger charge is 2.12. The number of hydrogen-bond acceptors (Lipinski definition) is 5. The summed E-state index contributed by atoms with van der Waals surface area (Å²) in [6, 6.07) is 18.6. The van der Waals surface area contributed by atoms with E-state index in [1.165, 1.54) is 0 Å². The van der Waals surface area contributed by atoms with Crippen molar-refractivity contribution in [1.29, 1.82) is 0 Å². The quantitative estimate of drug-likeness (QED) is 0.453. The molecule has 0 bridgehead atoms. The van der Waals surface area contributed by atoms with Gasteiger partial charge in [0.15, 0.2) is 0 Å². The minimum atomic E-state index is 0.117. The Hall–Kier alpha value is -3.86. The second-order valence-electron chi connectivity index (χ2n) is 7.01. The lowest BCUT2D eigenvalue weighted by molar-refractivity contribution is 0.876. The molecule has 5 heteroatoms. The van der Waals surface area contributed by atoms with Gasteiger partial charge in [-0.25, -0.2) is 0 Å². The first-order chi connectivity index (χ1) is 14.3. The Morgan fingerprint density at radius 2 is 1.66 bits per heavy atom. The fourth-order valence-corrected chi connectivity index (χ4v) is 3.59. The van der Waals surface area contributed by atoms with E-state index in [2.05, 4.69) is 62.5 Å².